The maximum Gasteiger partial charge on any atom is 0.430 e. The van der Waals surface area contributed by atoms with Crippen LogP contribution in [-0.2, 0) is 14.4 Å². The quantitative estimate of drug-likeness (QED) is 0.156. The Labute approximate surface area is 183 Å². The summed E-state index contributed by atoms with van der Waals surface area (Å²) in [6, 6.07) is 2.69. The van der Waals surface area contributed by atoms with E-state index in [-0.39, 0.29) is 22.9 Å². The summed E-state index contributed by atoms with van der Waals surface area (Å²) in [7, 11) is 0. The minimum atomic E-state index is -4.87. The first-order valence-electron chi connectivity index (χ1n) is 9.21. The summed E-state index contributed by atoms with van der Waals surface area (Å²) in [6.07, 6.45) is -5.06. The van der Waals surface area contributed by atoms with E-state index in [1.165, 1.54) is 11.1 Å². The molecule has 1 saturated heterocycles. The van der Waals surface area contributed by atoms with Crippen molar-refractivity contribution in [3.8, 4) is 5.75 Å². The van der Waals surface area contributed by atoms with Gasteiger partial charge in [0, 0.05) is 10.0 Å². The summed E-state index contributed by atoms with van der Waals surface area (Å²) in [4.78, 5) is 17.0. The summed E-state index contributed by atoms with van der Waals surface area (Å²) in [6.45, 7) is 0.807. The van der Waals surface area contributed by atoms with E-state index in [9.17, 15) is 28.3 Å². The lowest BCUT2D eigenvalue weighted by Crippen LogP contribution is -2.41. The number of alkyl halides is 3. The molecule has 0 unspecified atom stereocenters. The van der Waals surface area contributed by atoms with Crippen LogP contribution in [0, 0.1) is 12.1 Å². The Balaban J connectivity index is 1.70. The van der Waals surface area contributed by atoms with E-state index < -0.39 is 36.7 Å². The molecule has 1 N–H and O–H groups in total. The van der Waals surface area contributed by atoms with Crippen molar-refractivity contribution >= 4 is 28.0 Å². The van der Waals surface area contributed by atoms with Gasteiger partial charge >= 0.3 is 12.1 Å². The van der Waals surface area contributed by atoms with Gasteiger partial charge in [-0.25, -0.2) is 4.79 Å². The zero-order valence-electron chi connectivity index (χ0n) is 16.3. The van der Waals surface area contributed by atoms with Crippen molar-refractivity contribution in [1.29, 1.82) is 0 Å². The lowest BCUT2D eigenvalue weighted by atomic mass is 9.99. The van der Waals surface area contributed by atoms with Crippen molar-refractivity contribution in [2.45, 2.75) is 38.1 Å². The number of aryl methyl sites for hydroxylation is 1. The molecule has 2 heterocycles. The number of nitrogens with zero attached hydrogens (tertiary/aromatic N) is 3. The molecule has 2 aliphatic heterocycles. The Kier molecular flexibility index (Phi) is 6.94. The van der Waals surface area contributed by atoms with Crippen LogP contribution >= 0.6 is 15.9 Å². The molecule has 31 heavy (non-hydrogen) atoms. The van der Waals surface area contributed by atoms with Gasteiger partial charge in [0.15, 0.2) is 0 Å². The molecule has 0 amide bonds. The Morgan fingerprint density at radius 1 is 1.48 bits per heavy atom. The lowest BCUT2D eigenvalue weighted by molar-refractivity contribution is -0.715. The SMILES string of the molecule is Cc1cc(Br)cc2c1O[C@H](C(F)(F)F)C(C(=O)OCO/N=[N+](\[O-])N1CCC[C@H]1CO)=C2. The Hall–Kier alpha value is -2.54. The number of ether oxygens (including phenoxy) is 2. The first kappa shape index (κ1) is 23.1. The number of esters is 1. The van der Waals surface area contributed by atoms with Crippen LogP contribution in [0.15, 0.2) is 27.5 Å². The monoisotopic (exact) mass is 509 g/mol. The maximum absolute atomic E-state index is 13.5. The summed E-state index contributed by atoms with van der Waals surface area (Å²) < 4.78 is 50.8. The number of rotatable bonds is 6. The molecule has 170 valence electrons. The average molecular weight is 510 g/mol. The molecule has 3 rings (SSSR count). The second kappa shape index (κ2) is 9.30. The molecular weight excluding hydrogens is 491 g/mol. The first-order valence-corrected chi connectivity index (χ1v) is 10.0. The van der Waals surface area contributed by atoms with Gasteiger partial charge in [0.1, 0.15) is 11.8 Å². The molecule has 0 aromatic heterocycles. The van der Waals surface area contributed by atoms with Gasteiger partial charge in [-0.2, -0.15) is 13.2 Å². The molecular formula is C18H19BrF3N3O6. The van der Waals surface area contributed by atoms with Crippen molar-refractivity contribution < 1.29 is 42.4 Å². The van der Waals surface area contributed by atoms with Crippen LogP contribution in [0.25, 0.3) is 6.08 Å². The van der Waals surface area contributed by atoms with Crippen LogP contribution < -0.4 is 4.74 Å². The second-order valence-electron chi connectivity index (χ2n) is 6.94. The summed E-state index contributed by atoms with van der Waals surface area (Å²) in [5, 5.41) is 25.5. The van der Waals surface area contributed by atoms with E-state index in [4.69, 9.17) is 9.47 Å². The van der Waals surface area contributed by atoms with Crippen LogP contribution in [0.3, 0.4) is 0 Å². The predicted octanol–water partition coefficient (Wildman–Crippen LogP) is 3.23. The van der Waals surface area contributed by atoms with Gasteiger partial charge in [0.2, 0.25) is 11.4 Å². The lowest BCUT2D eigenvalue weighted by Gasteiger charge is -2.28. The molecule has 2 aliphatic rings. The fourth-order valence-corrected chi connectivity index (χ4v) is 3.96. The molecule has 1 aromatic rings. The highest BCUT2D eigenvalue weighted by atomic mass is 79.9. The fraction of sp³-hybridized carbons (Fsp3) is 0.500. The number of halogens is 4. The third-order valence-electron chi connectivity index (χ3n) is 4.78. The smallest absolute Gasteiger partial charge is 0.430 e. The molecule has 2 atom stereocenters. The van der Waals surface area contributed by atoms with Crippen molar-refractivity contribution in [2.24, 2.45) is 5.28 Å². The highest BCUT2D eigenvalue weighted by Crippen LogP contribution is 2.40. The molecule has 0 spiro atoms. The molecule has 13 heteroatoms. The highest BCUT2D eigenvalue weighted by molar-refractivity contribution is 9.10. The zero-order valence-corrected chi connectivity index (χ0v) is 17.9. The molecule has 9 nitrogen and oxygen atoms in total. The predicted molar refractivity (Wildman–Crippen MR) is 102 cm³/mol. The van der Waals surface area contributed by atoms with Gasteiger partial charge in [-0.05, 0) is 43.5 Å². The minimum absolute atomic E-state index is 0.0133. The van der Waals surface area contributed by atoms with Gasteiger partial charge in [0.25, 0.3) is 6.79 Å². The maximum atomic E-state index is 13.5. The summed E-state index contributed by atoms with van der Waals surface area (Å²) in [5.41, 5.74) is -0.0252. The third-order valence-corrected chi connectivity index (χ3v) is 5.24. The van der Waals surface area contributed by atoms with Crippen LogP contribution in [-0.4, -0.2) is 59.3 Å². The number of aliphatic hydroxyl groups is 1. The minimum Gasteiger partial charge on any atom is -0.569 e. The molecule has 1 fully saturated rings. The number of aliphatic hydroxyl groups excluding tert-OH is 1. The number of hydrazine groups is 1. The largest absolute Gasteiger partial charge is 0.569 e. The third kappa shape index (κ3) is 5.21. The number of benzene rings is 1. The van der Waals surface area contributed by atoms with E-state index in [1.54, 1.807) is 13.0 Å². The average Bonchev–Trinajstić information content (AvgIpc) is 3.18. The Morgan fingerprint density at radius 3 is 2.90 bits per heavy atom. The summed E-state index contributed by atoms with van der Waals surface area (Å²) in [5.74, 6) is -1.31. The first-order chi connectivity index (χ1) is 14.6. The van der Waals surface area contributed by atoms with E-state index in [0.29, 0.717) is 29.4 Å². The summed E-state index contributed by atoms with van der Waals surface area (Å²) >= 11 is 3.25. The van der Waals surface area contributed by atoms with E-state index in [2.05, 4.69) is 26.0 Å². The van der Waals surface area contributed by atoms with Crippen molar-refractivity contribution in [2.75, 3.05) is 19.9 Å². The standard InChI is InChI=1S/C18H19BrF3N3O6/c1-10-5-12(19)6-11-7-14(16(18(20,21)22)31-15(10)11)17(27)29-9-30-23-25(28)24-4-2-3-13(24)8-26/h5-7,13,16,26H,2-4,8-9H2,1H3/b25-23-/t13-,16-/m0/s1. The van der Waals surface area contributed by atoms with E-state index >= 15 is 0 Å². The van der Waals surface area contributed by atoms with E-state index in [1.807, 2.05) is 0 Å². The Bertz CT molecular complexity index is 908. The van der Waals surface area contributed by atoms with Crippen LogP contribution in [0.1, 0.15) is 24.0 Å². The molecule has 0 aliphatic carbocycles. The van der Waals surface area contributed by atoms with Gasteiger partial charge in [-0.3, -0.25) is 0 Å². The normalized spacial score (nSPS) is 21.3. The number of carbonyl (C=O) groups is 1. The van der Waals surface area contributed by atoms with Crippen molar-refractivity contribution in [3.05, 3.63) is 38.5 Å². The second-order valence-corrected chi connectivity index (χ2v) is 7.85. The van der Waals surface area contributed by atoms with Gasteiger partial charge in [-0.1, -0.05) is 15.9 Å². The molecule has 1 aromatic carbocycles. The van der Waals surface area contributed by atoms with Gasteiger partial charge in [-0.15, -0.1) is 5.01 Å². The number of hydrogen-bond acceptors (Lipinski definition) is 7. The van der Waals surface area contributed by atoms with Crippen LogP contribution in [0.5, 0.6) is 5.75 Å². The van der Waals surface area contributed by atoms with Crippen LogP contribution in [0.4, 0.5) is 13.2 Å². The molecule has 0 bridgehead atoms. The van der Waals surface area contributed by atoms with Crippen molar-refractivity contribution in [1.82, 2.24) is 5.01 Å². The highest BCUT2D eigenvalue weighted by Gasteiger charge is 2.49. The number of hydrogen-bond donors (Lipinski definition) is 1. The van der Waals surface area contributed by atoms with E-state index in [0.717, 1.165) is 6.08 Å². The number of carbonyl (C=O) groups excluding carboxylic acids is 1. The zero-order chi connectivity index (χ0) is 22.8. The Morgan fingerprint density at radius 2 is 2.23 bits per heavy atom. The van der Waals surface area contributed by atoms with Crippen molar-refractivity contribution in [3.63, 3.8) is 0 Å². The number of fused-ring (bicyclic) bond motifs is 1. The van der Waals surface area contributed by atoms with Crippen LogP contribution in [0.2, 0.25) is 0 Å². The van der Waals surface area contributed by atoms with Gasteiger partial charge in [0.05, 0.1) is 23.7 Å². The molecule has 0 radical (unpaired) electrons. The topological polar surface area (TPSA) is 107 Å². The fourth-order valence-electron chi connectivity index (χ4n) is 3.37. The van der Waals surface area contributed by atoms with Gasteiger partial charge < -0.3 is 24.6 Å². The molecule has 0 saturated carbocycles.